The molecule has 0 aliphatic rings. The fourth-order valence-electron chi connectivity index (χ4n) is 2.72. The number of anilines is 4. The van der Waals surface area contributed by atoms with Crippen molar-refractivity contribution in [1.29, 1.82) is 0 Å². The number of aryl methyl sites for hydroxylation is 1. The number of carbonyl (C=O) groups is 1. The molecule has 0 spiro atoms. The van der Waals surface area contributed by atoms with Crippen molar-refractivity contribution in [2.75, 3.05) is 22.5 Å². The van der Waals surface area contributed by atoms with E-state index in [2.05, 4.69) is 25.9 Å². The number of aromatic nitrogens is 2. The van der Waals surface area contributed by atoms with E-state index in [-0.39, 0.29) is 11.7 Å². The summed E-state index contributed by atoms with van der Waals surface area (Å²) in [4.78, 5) is 21.0. The molecule has 1 amide bonds. The molecule has 7 nitrogen and oxygen atoms in total. The first-order valence-corrected chi connectivity index (χ1v) is 9.63. The van der Waals surface area contributed by atoms with Gasteiger partial charge in [0.2, 0.25) is 0 Å². The monoisotopic (exact) mass is 409 g/mol. The largest absolute Gasteiger partial charge is 0.478 e. The lowest BCUT2D eigenvalue weighted by atomic mass is 10.2. The van der Waals surface area contributed by atoms with Gasteiger partial charge in [0.1, 0.15) is 17.5 Å². The molecule has 1 aromatic heterocycles. The summed E-state index contributed by atoms with van der Waals surface area (Å²) in [7, 11) is 0. The number of para-hydroxylation sites is 1. The van der Waals surface area contributed by atoms with Gasteiger partial charge in [0, 0.05) is 24.0 Å². The maximum atomic E-state index is 13.7. The van der Waals surface area contributed by atoms with E-state index in [0.717, 1.165) is 18.1 Å². The minimum atomic E-state index is -0.854. The molecule has 3 rings (SSSR count). The number of ether oxygens (including phenoxy) is 1. The zero-order valence-corrected chi connectivity index (χ0v) is 17.1. The van der Waals surface area contributed by atoms with E-state index in [1.807, 2.05) is 32.0 Å². The fraction of sp³-hybridized carbons (Fsp3) is 0.227. The van der Waals surface area contributed by atoms with E-state index in [9.17, 15) is 9.18 Å². The molecule has 1 heterocycles. The maximum Gasteiger partial charge on any atom is 0.265 e. The van der Waals surface area contributed by atoms with Crippen LogP contribution in [0.4, 0.5) is 27.4 Å². The van der Waals surface area contributed by atoms with Gasteiger partial charge in [-0.25, -0.2) is 14.4 Å². The Balaban J connectivity index is 1.60. The minimum absolute atomic E-state index is 0.0387. The third kappa shape index (κ3) is 5.66. The van der Waals surface area contributed by atoms with E-state index in [1.54, 1.807) is 31.2 Å². The second kappa shape index (κ2) is 9.69. The molecular weight excluding hydrogens is 385 g/mol. The van der Waals surface area contributed by atoms with Gasteiger partial charge < -0.3 is 20.7 Å². The van der Waals surface area contributed by atoms with Crippen molar-refractivity contribution in [3.63, 3.8) is 0 Å². The average Bonchev–Trinajstić information content (AvgIpc) is 2.71. The quantitative estimate of drug-likeness (QED) is 0.508. The smallest absolute Gasteiger partial charge is 0.265 e. The number of nitrogens with zero attached hydrogens (tertiary/aromatic N) is 2. The highest BCUT2D eigenvalue weighted by atomic mass is 19.1. The van der Waals surface area contributed by atoms with Crippen molar-refractivity contribution in [3.8, 4) is 5.75 Å². The first kappa shape index (κ1) is 21.0. The predicted octanol–water partition coefficient (Wildman–Crippen LogP) is 4.51. The zero-order chi connectivity index (χ0) is 21.5. The summed E-state index contributed by atoms with van der Waals surface area (Å²) in [6.07, 6.45) is -0.854. The van der Waals surface area contributed by atoms with Gasteiger partial charge in [-0.15, -0.1) is 0 Å². The van der Waals surface area contributed by atoms with Crippen LogP contribution in [0.15, 0.2) is 54.6 Å². The lowest BCUT2D eigenvalue weighted by Gasteiger charge is -2.15. The molecule has 8 heteroatoms. The average molecular weight is 409 g/mol. The Hall–Kier alpha value is -3.68. The highest BCUT2D eigenvalue weighted by molar-refractivity contribution is 5.94. The Morgan fingerprint density at radius 1 is 1.07 bits per heavy atom. The molecule has 2 aromatic carbocycles. The molecule has 0 saturated carbocycles. The Morgan fingerprint density at radius 2 is 1.73 bits per heavy atom. The van der Waals surface area contributed by atoms with Crippen molar-refractivity contribution in [1.82, 2.24) is 9.97 Å². The number of amides is 1. The highest BCUT2D eigenvalue weighted by Crippen LogP contribution is 2.21. The van der Waals surface area contributed by atoms with Gasteiger partial charge in [0.25, 0.3) is 5.91 Å². The fourth-order valence-corrected chi connectivity index (χ4v) is 2.72. The standard InChI is InChI=1S/C22H24FN5O2/c1-4-24-20-13-21(26-15(3)25-20)27-16-9-11-17(12-10-16)28-22(29)14(2)30-19-8-6-5-7-18(19)23/h5-14H,4H2,1-3H3,(H,28,29)(H2,24,25,26,27). The van der Waals surface area contributed by atoms with Crippen LogP contribution in [0.25, 0.3) is 0 Å². The molecule has 3 aromatic rings. The summed E-state index contributed by atoms with van der Waals surface area (Å²) in [5.41, 5.74) is 1.41. The summed E-state index contributed by atoms with van der Waals surface area (Å²) in [6, 6.07) is 15.0. The second-order valence-corrected chi connectivity index (χ2v) is 6.60. The van der Waals surface area contributed by atoms with Crippen molar-refractivity contribution in [2.24, 2.45) is 0 Å². The van der Waals surface area contributed by atoms with Crippen molar-refractivity contribution >= 4 is 28.9 Å². The third-order valence-electron chi connectivity index (χ3n) is 4.13. The van der Waals surface area contributed by atoms with Crippen LogP contribution < -0.4 is 20.7 Å². The minimum Gasteiger partial charge on any atom is -0.478 e. The molecule has 0 radical (unpaired) electrons. The third-order valence-corrected chi connectivity index (χ3v) is 4.13. The SMILES string of the molecule is CCNc1cc(Nc2ccc(NC(=O)C(C)Oc3ccccc3F)cc2)nc(C)n1. The van der Waals surface area contributed by atoms with Gasteiger partial charge in [-0.05, 0) is 57.2 Å². The Bertz CT molecular complexity index is 1010. The topological polar surface area (TPSA) is 88.2 Å². The second-order valence-electron chi connectivity index (χ2n) is 6.60. The van der Waals surface area contributed by atoms with Gasteiger partial charge in [-0.2, -0.15) is 0 Å². The molecule has 0 bridgehead atoms. The number of nitrogens with one attached hydrogen (secondary N) is 3. The number of benzene rings is 2. The van der Waals surface area contributed by atoms with Gasteiger partial charge in [-0.3, -0.25) is 4.79 Å². The molecular formula is C22H24FN5O2. The summed E-state index contributed by atoms with van der Waals surface area (Å²) in [5.74, 6) is 1.23. The van der Waals surface area contributed by atoms with Gasteiger partial charge in [0.15, 0.2) is 17.7 Å². The van der Waals surface area contributed by atoms with Crippen LogP contribution in [0.3, 0.4) is 0 Å². The number of hydrogen-bond acceptors (Lipinski definition) is 6. The lowest BCUT2D eigenvalue weighted by Crippen LogP contribution is -2.30. The summed E-state index contributed by atoms with van der Waals surface area (Å²) >= 11 is 0. The molecule has 156 valence electrons. The zero-order valence-electron chi connectivity index (χ0n) is 17.1. The van der Waals surface area contributed by atoms with Gasteiger partial charge >= 0.3 is 0 Å². The van der Waals surface area contributed by atoms with Crippen LogP contribution in [-0.2, 0) is 4.79 Å². The molecule has 1 unspecified atom stereocenters. The van der Waals surface area contributed by atoms with E-state index in [0.29, 0.717) is 17.3 Å². The first-order chi connectivity index (χ1) is 14.4. The number of halogens is 1. The van der Waals surface area contributed by atoms with Gasteiger partial charge in [0.05, 0.1) is 0 Å². The first-order valence-electron chi connectivity index (χ1n) is 9.63. The predicted molar refractivity (Wildman–Crippen MR) is 116 cm³/mol. The van der Waals surface area contributed by atoms with Gasteiger partial charge in [-0.1, -0.05) is 12.1 Å². The number of carbonyl (C=O) groups excluding carboxylic acids is 1. The van der Waals surface area contributed by atoms with Crippen LogP contribution in [-0.4, -0.2) is 28.5 Å². The van der Waals surface area contributed by atoms with Crippen LogP contribution in [0.5, 0.6) is 5.75 Å². The summed E-state index contributed by atoms with van der Waals surface area (Å²) < 4.78 is 19.1. The Kier molecular flexibility index (Phi) is 6.79. The van der Waals surface area contributed by atoms with Crippen molar-refractivity contribution in [2.45, 2.75) is 26.9 Å². The summed E-state index contributed by atoms with van der Waals surface area (Å²) in [5, 5.41) is 9.14. The summed E-state index contributed by atoms with van der Waals surface area (Å²) in [6.45, 7) is 6.16. The Labute approximate surface area is 174 Å². The van der Waals surface area contributed by atoms with E-state index >= 15 is 0 Å². The molecule has 0 saturated heterocycles. The van der Waals surface area contributed by atoms with E-state index in [1.165, 1.54) is 12.1 Å². The normalized spacial score (nSPS) is 11.5. The number of rotatable bonds is 8. The van der Waals surface area contributed by atoms with Crippen molar-refractivity contribution < 1.29 is 13.9 Å². The molecule has 30 heavy (non-hydrogen) atoms. The molecule has 0 fully saturated rings. The Morgan fingerprint density at radius 3 is 2.43 bits per heavy atom. The van der Waals surface area contributed by atoms with Crippen LogP contribution in [0, 0.1) is 12.7 Å². The van der Waals surface area contributed by atoms with E-state index < -0.39 is 11.9 Å². The highest BCUT2D eigenvalue weighted by Gasteiger charge is 2.16. The molecule has 0 aliphatic heterocycles. The molecule has 3 N–H and O–H groups in total. The van der Waals surface area contributed by atoms with Crippen LogP contribution in [0.1, 0.15) is 19.7 Å². The van der Waals surface area contributed by atoms with Crippen LogP contribution >= 0.6 is 0 Å². The lowest BCUT2D eigenvalue weighted by molar-refractivity contribution is -0.122. The van der Waals surface area contributed by atoms with E-state index in [4.69, 9.17) is 4.74 Å². The maximum absolute atomic E-state index is 13.7. The molecule has 0 aliphatic carbocycles. The number of hydrogen-bond donors (Lipinski definition) is 3. The van der Waals surface area contributed by atoms with Crippen LogP contribution in [0.2, 0.25) is 0 Å². The molecule has 1 atom stereocenters. The van der Waals surface area contributed by atoms with Crippen molar-refractivity contribution in [3.05, 3.63) is 66.2 Å².